The highest BCUT2D eigenvalue weighted by Crippen LogP contribution is 2.27. The van der Waals surface area contributed by atoms with Gasteiger partial charge >= 0.3 is 0 Å². The summed E-state index contributed by atoms with van der Waals surface area (Å²) in [4.78, 5) is 22.3. The molecule has 1 aliphatic heterocycles. The van der Waals surface area contributed by atoms with Crippen LogP contribution in [0.3, 0.4) is 0 Å². The molecule has 2 aromatic rings. The Morgan fingerprint density at radius 3 is 2.69 bits per heavy atom. The van der Waals surface area contributed by atoms with E-state index in [0.717, 1.165) is 23.2 Å². The molecule has 1 amide bonds. The van der Waals surface area contributed by atoms with Crippen molar-refractivity contribution in [1.82, 2.24) is 10.6 Å². The third-order valence-corrected chi connectivity index (χ3v) is 6.01. The van der Waals surface area contributed by atoms with Crippen LogP contribution in [0, 0.1) is 24.3 Å². The minimum Gasteiger partial charge on any atom is -0.355 e. The van der Waals surface area contributed by atoms with Gasteiger partial charge in [-0.3, -0.25) is 10.1 Å². The Balaban J connectivity index is 1.69. The molecule has 0 radical (unpaired) electrons. The van der Waals surface area contributed by atoms with Crippen molar-refractivity contribution in [3.63, 3.8) is 0 Å². The molecule has 4 rings (SSSR count). The summed E-state index contributed by atoms with van der Waals surface area (Å²) in [6.07, 6.45) is 6.99. The topological polar surface area (TPSA) is 102 Å². The fraction of sp³-hybridized carbons (Fsp3) is 0.360. The molecule has 1 unspecified atom stereocenters. The Morgan fingerprint density at radius 2 is 1.94 bits per heavy atom. The van der Waals surface area contributed by atoms with Gasteiger partial charge < -0.3 is 10.6 Å². The van der Waals surface area contributed by atoms with Gasteiger partial charge in [-0.2, -0.15) is 5.26 Å². The Morgan fingerprint density at radius 1 is 1.16 bits per heavy atom. The van der Waals surface area contributed by atoms with E-state index in [1.165, 1.54) is 32.1 Å². The SMILES string of the molecule is Cc1cccc2c1C(c1ccccc1)=NC(N=C(NC#N)NCC1CCCCC1)C(=O)N2. The second-order valence-electron chi connectivity index (χ2n) is 8.30. The number of carbonyl (C=O) groups is 1. The molecule has 1 fully saturated rings. The van der Waals surface area contributed by atoms with Crippen molar-refractivity contribution in [2.45, 2.75) is 45.2 Å². The first kappa shape index (κ1) is 21.6. The smallest absolute Gasteiger partial charge is 0.271 e. The van der Waals surface area contributed by atoms with Gasteiger partial charge in [0.15, 0.2) is 6.19 Å². The van der Waals surface area contributed by atoms with Crippen LogP contribution in [0.1, 0.15) is 48.8 Å². The minimum atomic E-state index is -1.02. The quantitative estimate of drug-likeness (QED) is 0.299. The number of amides is 1. The number of hydrogen-bond acceptors (Lipinski definition) is 4. The van der Waals surface area contributed by atoms with E-state index in [9.17, 15) is 10.1 Å². The maximum atomic E-state index is 13.0. The van der Waals surface area contributed by atoms with E-state index in [1.54, 1.807) is 0 Å². The minimum absolute atomic E-state index is 0.275. The van der Waals surface area contributed by atoms with E-state index in [2.05, 4.69) is 20.9 Å². The van der Waals surface area contributed by atoms with Crippen LogP contribution < -0.4 is 16.0 Å². The van der Waals surface area contributed by atoms with Crippen LogP contribution in [-0.2, 0) is 4.79 Å². The van der Waals surface area contributed by atoms with Crippen molar-refractivity contribution >= 4 is 23.3 Å². The molecule has 7 nitrogen and oxygen atoms in total. The Bertz CT molecular complexity index is 1060. The summed E-state index contributed by atoms with van der Waals surface area (Å²) < 4.78 is 0. The standard InChI is InChI=1S/C25H28N6O/c1-17-9-8-14-20-21(17)22(19-12-6-3-7-13-19)30-23(24(32)29-20)31-25(28-16-26)27-15-18-10-4-2-5-11-18/h3,6-9,12-14,18,23H,2,4-5,10-11,15H2,1H3,(H,29,32)(H2,27,28,31). The zero-order valence-corrected chi connectivity index (χ0v) is 18.3. The fourth-order valence-corrected chi connectivity index (χ4v) is 4.36. The molecule has 2 aromatic carbocycles. The van der Waals surface area contributed by atoms with Crippen molar-refractivity contribution in [2.75, 3.05) is 11.9 Å². The van der Waals surface area contributed by atoms with Gasteiger partial charge in [-0.05, 0) is 37.3 Å². The molecule has 32 heavy (non-hydrogen) atoms. The Kier molecular flexibility index (Phi) is 6.81. The number of fused-ring (bicyclic) bond motifs is 1. The molecular formula is C25H28N6O. The number of aryl methyl sites for hydroxylation is 1. The molecule has 1 heterocycles. The van der Waals surface area contributed by atoms with Crippen LogP contribution >= 0.6 is 0 Å². The van der Waals surface area contributed by atoms with E-state index >= 15 is 0 Å². The predicted octanol–water partition coefficient (Wildman–Crippen LogP) is 3.71. The summed E-state index contributed by atoms with van der Waals surface area (Å²) in [5, 5.41) is 18.0. The average molecular weight is 429 g/mol. The monoisotopic (exact) mass is 428 g/mol. The number of benzene rings is 2. The summed E-state index contributed by atoms with van der Waals surface area (Å²) in [6, 6.07) is 15.6. The van der Waals surface area contributed by atoms with Gasteiger partial charge in [0.1, 0.15) is 0 Å². The van der Waals surface area contributed by atoms with Crippen LogP contribution in [0.15, 0.2) is 58.5 Å². The van der Waals surface area contributed by atoms with Gasteiger partial charge in [0.25, 0.3) is 5.91 Å². The lowest BCUT2D eigenvalue weighted by molar-refractivity contribution is -0.117. The van der Waals surface area contributed by atoms with Crippen molar-refractivity contribution in [3.8, 4) is 6.19 Å². The summed E-state index contributed by atoms with van der Waals surface area (Å²) in [5.74, 6) is 0.490. The van der Waals surface area contributed by atoms with Crippen LogP contribution in [0.4, 0.5) is 5.69 Å². The number of rotatable bonds is 4. The molecule has 1 atom stereocenters. The van der Waals surface area contributed by atoms with Gasteiger partial charge in [0.05, 0.1) is 11.4 Å². The van der Waals surface area contributed by atoms with E-state index in [-0.39, 0.29) is 11.9 Å². The molecule has 1 aliphatic carbocycles. The van der Waals surface area contributed by atoms with Gasteiger partial charge in [-0.25, -0.2) is 9.98 Å². The molecule has 0 spiro atoms. The molecule has 0 saturated heterocycles. The largest absolute Gasteiger partial charge is 0.355 e. The number of guanidine groups is 1. The Labute approximate surface area is 188 Å². The zero-order chi connectivity index (χ0) is 22.3. The van der Waals surface area contributed by atoms with Crippen molar-refractivity contribution in [3.05, 3.63) is 65.2 Å². The first-order valence-electron chi connectivity index (χ1n) is 11.2. The summed E-state index contributed by atoms with van der Waals surface area (Å²) >= 11 is 0. The highest BCUT2D eigenvalue weighted by molar-refractivity contribution is 6.20. The average Bonchev–Trinajstić information content (AvgIpc) is 2.96. The molecule has 3 N–H and O–H groups in total. The first-order valence-corrected chi connectivity index (χ1v) is 11.2. The van der Waals surface area contributed by atoms with E-state index < -0.39 is 6.17 Å². The van der Waals surface area contributed by atoms with Crippen molar-refractivity contribution in [2.24, 2.45) is 15.9 Å². The molecular weight excluding hydrogens is 400 g/mol. The van der Waals surface area contributed by atoms with Crippen LogP contribution in [0.5, 0.6) is 0 Å². The fourth-order valence-electron chi connectivity index (χ4n) is 4.36. The summed E-state index contributed by atoms with van der Waals surface area (Å²) in [5.41, 5.74) is 4.22. The van der Waals surface area contributed by atoms with Gasteiger partial charge in [-0.15, -0.1) is 0 Å². The van der Waals surface area contributed by atoms with E-state index in [4.69, 9.17) is 4.99 Å². The third-order valence-electron chi connectivity index (χ3n) is 6.01. The number of hydrogen-bond donors (Lipinski definition) is 3. The number of benzodiazepines with no additional fused rings is 1. The summed E-state index contributed by atoms with van der Waals surface area (Å²) in [6.45, 7) is 2.72. The molecule has 0 bridgehead atoms. The van der Waals surface area contributed by atoms with Gasteiger partial charge in [0, 0.05) is 17.7 Å². The third kappa shape index (κ3) is 4.97. The summed E-state index contributed by atoms with van der Waals surface area (Å²) in [7, 11) is 0. The molecule has 164 valence electrons. The highest BCUT2D eigenvalue weighted by atomic mass is 16.2. The van der Waals surface area contributed by atoms with Crippen molar-refractivity contribution < 1.29 is 4.79 Å². The highest BCUT2D eigenvalue weighted by Gasteiger charge is 2.27. The molecule has 1 saturated carbocycles. The lowest BCUT2D eigenvalue weighted by atomic mass is 9.89. The lowest BCUT2D eigenvalue weighted by Gasteiger charge is -2.22. The van der Waals surface area contributed by atoms with E-state index in [1.807, 2.05) is 61.6 Å². The second-order valence-corrected chi connectivity index (χ2v) is 8.30. The maximum Gasteiger partial charge on any atom is 0.271 e. The van der Waals surface area contributed by atoms with Crippen molar-refractivity contribution in [1.29, 1.82) is 5.26 Å². The molecule has 7 heteroatoms. The van der Waals surface area contributed by atoms with Gasteiger partial charge in [-0.1, -0.05) is 61.7 Å². The van der Waals surface area contributed by atoms with E-state index in [0.29, 0.717) is 17.3 Å². The van der Waals surface area contributed by atoms with Crippen LogP contribution in [0.2, 0.25) is 0 Å². The molecule has 2 aliphatic rings. The number of aliphatic imine (C=N–C) groups is 2. The number of anilines is 1. The number of nitrogens with one attached hydrogen (secondary N) is 3. The Hall–Kier alpha value is -3.66. The lowest BCUT2D eigenvalue weighted by Crippen LogP contribution is -2.40. The van der Waals surface area contributed by atoms with Gasteiger partial charge in [0.2, 0.25) is 12.1 Å². The maximum absolute atomic E-state index is 13.0. The normalized spacial score (nSPS) is 19.1. The first-order chi connectivity index (χ1) is 15.7. The number of carbonyl (C=O) groups excluding carboxylic acids is 1. The number of nitriles is 1. The second kappa shape index (κ2) is 10.1. The zero-order valence-electron chi connectivity index (χ0n) is 18.3. The number of nitrogens with zero attached hydrogens (tertiary/aromatic N) is 3. The predicted molar refractivity (Wildman–Crippen MR) is 126 cm³/mol. The van der Waals surface area contributed by atoms with Crippen LogP contribution in [0.25, 0.3) is 0 Å². The van der Waals surface area contributed by atoms with Crippen LogP contribution in [-0.4, -0.2) is 30.3 Å². The molecule has 0 aromatic heterocycles.